The van der Waals surface area contributed by atoms with E-state index in [1.54, 1.807) is 42.5 Å². The number of halogens is 1. The maximum Gasteiger partial charge on any atom is 0.329 e. The Morgan fingerprint density at radius 2 is 1.52 bits per heavy atom. The largest absolute Gasteiger partial charge is 0.378 e. The molecule has 0 saturated carbocycles. The molecule has 3 aromatic carbocycles. The molecule has 8 nitrogen and oxygen atoms in total. The van der Waals surface area contributed by atoms with E-state index in [4.69, 9.17) is 0 Å². The summed E-state index contributed by atoms with van der Waals surface area (Å²) < 4.78 is 0.882. The fourth-order valence-electron chi connectivity index (χ4n) is 2.78. The van der Waals surface area contributed by atoms with Crippen LogP contribution in [0.15, 0.2) is 82.4 Å². The summed E-state index contributed by atoms with van der Waals surface area (Å²) in [5.41, 5.74) is 4.98. The lowest BCUT2D eigenvalue weighted by Gasteiger charge is -2.11. The lowest BCUT2D eigenvalue weighted by molar-refractivity contribution is -0.136. The van der Waals surface area contributed by atoms with Gasteiger partial charge in [0.05, 0.1) is 17.5 Å². The Morgan fingerprint density at radius 1 is 0.848 bits per heavy atom. The summed E-state index contributed by atoms with van der Waals surface area (Å²) >= 11 is 3.34. The maximum atomic E-state index is 12.7. The summed E-state index contributed by atoms with van der Waals surface area (Å²) in [5.74, 6) is -2.33. The van der Waals surface area contributed by atoms with Crippen LogP contribution in [-0.2, 0) is 9.59 Å². The van der Waals surface area contributed by atoms with Gasteiger partial charge in [-0.05, 0) is 54.1 Å². The van der Waals surface area contributed by atoms with Crippen molar-refractivity contribution in [3.8, 4) is 0 Å². The highest BCUT2D eigenvalue weighted by Gasteiger charge is 2.17. The van der Waals surface area contributed by atoms with E-state index in [-0.39, 0.29) is 11.3 Å². The second kappa shape index (κ2) is 11.1. The number of nitrogens with zero attached hydrogens (tertiary/aromatic N) is 2. The Kier molecular flexibility index (Phi) is 7.93. The highest BCUT2D eigenvalue weighted by Crippen LogP contribution is 2.19. The molecule has 0 saturated heterocycles. The van der Waals surface area contributed by atoms with Crippen LogP contribution in [0, 0.1) is 0 Å². The number of anilines is 3. The fourth-order valence-corrected chi connectivity index (χ4v) is 3.04. The van der Waals surface area contributed by atoms with E-state index in [2.05, 4.69) is 37.1 Å². The summed E-state index contributed by atoms with van der Waals surface area (Å²) in [6.45, 7) is 0. The second-order valence-electron chi connectivity index (χ2n) is 7.15. The van der Waals surface area contributed by atoms with Crippen LogP contribution in [-0.4, -0.2) is 38.0 Å². The second-order valence-corrected chi connectivity index (χ2v) is 8.06. The fraction of sp³-hybridized carbons (Fsp3) is 0.0833. The van der Waals surface area contributed by atoms with Gasteiger partial charge in [-0.15, -0.1) is 0 Å². The molecule has 33 heavy (non-hydrogen) atoms. The molecule has 0 aliphatic carbocycles. The highest BCUT2D eigenvalue weighted by atomic mass is 79.9. The Bertz CT molecular complexity index is 1180. The third kappa shape index (κ3) is 6.75. The molecule has 3 aromatic rings. The van der Waals surface area contributed by atoms with E-state index in [0.717, 1.165) is 15.7 Å². The minimum atomic E-state index is -0.959. The quantitative estimate of drug-likeness (QED) is 0.267. The Hall–Kier alpha value is -3.98. The minimum Gasteiger partial charge on any atom is -0.378 e. The van der Waals surface area contributed by atoms with Gasteiger partial charge in [-0.3, -0.25) is 14.4 Å². The normalized spacial score (nSPS) is 10.5. The highest BCUT2D eigenvalue weighted by molar-refractivity contribution is 9.10. The van der Waals surface area contributed by atoms with Crippen molar-refractivity contribution in [1.29, 1.82) is 0 Å². The molecule has 168 valence electrons. The smallest absolute Gasteiger partial charge is 0.329 e. The maximum absolute atomic E-state index is 12.7. The van der Waals surface area contributed by atoms with Gasteiger partial charge in [0.15, 0.2) is 0 Å². The van der Waals surface area contributed by atoms with Gasteiger partial charge in [-0.1, -0.05) is 40.2 Å². The van der Waals surface area contributed by atoms with Gasteiger partial charge in [0.2, 0.25) is 0 Å². The zero-order chi connectivity index (χ0) is 23.8. The molecular weight excluding hydrogens is 486 g/mol. The van der Waals surface area contributed by atoms with E-state index in [9.17, 15) is 14.4 Å². The number of hydrogen-bond donors (Lipinski definition) is 3. The molecule has 0 radical (unpaired) electrons. The summed E-state index contributed by atoms with van der Waals surface area (Å²) in [6, 6.07) is 21.0. The van der Waals surface area contributed by atoms with Crippen LogP contribution in [0.5, 0.6) is 0 Å². The molecule has 3 rings (SSSR count). The van der Waals surface area contributed by atoms with Gasteiger partial charge in [0.25, 0.3) is 5.91 Å². The molecule has 0 aliphatic rings. The minimum absolute atomic E-state index is 0.204. The molecule has 0 atom stereocenters. The number of carbonyl (C=O) groups is 3. The number of rotatable bonds is 6. The topological polar surface area (TPSA) is 103 Å². The lowest BCUT2D eigenvalue weighted by Crippen LogP contribution is -2.33. The van der Waals surface area contributed by atoms with Crippen LogP contribution in [0.3, 0.4) is 0 Å². The molecule has 0 heterocycles. The van der Waals surface area contributed by atoms with Crippen LogP contribution in [0.2, 0.25) is 0 Å². The van der Waals surface area contributed by atoms with E-state index in [0.29, 0.717) is 5.69 Å². The van der Waals surface area contributed by atoms with Crippen LogP contribution in [0.4, 0.5) is 17.1 Å². The van der Waals surface area contributed by atoms with Crippen LogP contribution >= 0.6 is 15.9 Å². The predicted molar refractivity (Wildman–Crippen MR) is 134 cm³/mol. The van der Waals surface area contributed by atoms with Crippen molar-refractivity contribution in [2.75, 3.05) is 29.6 Å². The molecule has 3 amide bonds. The first-order valence-electron chi connectivity index (χ1n) is 9.91. The first kappa shape index (κ1) is 23.7. The molecule has 0 unspecified atom stereocenters. The Labute approximate surface area is 199 Å². The van der Waals surface area contributed by atoms with Gasteiger partial charge in [0.1, 0.15) is 0 Å². The van der Waals surface area contributed by atoms with Gasteiger partial charge in [-0.2, -0.15) is 5.10 Å². The average Bonchev–Trinajstić information content (AvgIpc) is 2.81. The van der Waals surface area contributed by atoms with Crippen molar-refractivity contribution >= 4 is 56.9 Å². The molecule has 0 fully saturated rings. The summed E-state index contributed by atoms with van der Waals surface area (Å²) in [7, 11) is 3.87. The Balaban J connectivity index is 1.60. The summed E-state index contributed by atoms with van der Waals surface area (Å²) in [5, 5.41) is 9.03. The number of hydrogen-bond acceptors (Lipinski definition) is 5. The Morgan fingerprint density at radius 3 is 2.18 bits per heavy atom. The molecule has 0 aliphatic heterocycles. The SMILES string of the molecule is CN(C)c1ccc(C=NNC(=O)C(=O)Nc2ccccc2C(=O)Nc2ccc(Br)cc2)cc1. The monoisotopic (exact) mass is 507 g/mol. The van der Waals surface area contributed by atoms with Crippen LogP contribution < -0.4 is 21.0 Å². The van der Waals surface area contributed by atoms with Crippen molar-refractivity contribution in [2.45, 2.75) is 0 Å². The first-order valence-corrected chi connectivity index (χ1v) is 10.7. The number of hydrazone groups is 1. The van der Waals surface area contributed by atoms with Crippen molar-refractivity contribution in [1.82, 2.24) is 5.43 Å². The third-order valence-electron chi connectivity index (χ3n) is 4.52. The molecule has 0 bridgehead atoms. The number of carbonyl (C=O) groups excluding carboxylic acids is 3. The lowest BCUT2D eigenvalue weighted by atomic mass is 10.1. The van der Waals surface area contributed by atoms with Crippen molar-refractivity contribution in [2.24, 2.45) is 5.10 Å². The van der Waals surface area contributed by atoms with E-state index < -0.39 is 17.7 Å². The van der Waals surface area contributed by atoms with E-state index >= 15 is 0 Å². The molecule has 9 heteroatoms. The summed E-state index contributed by atoms with van der Waals surface area (Å²) in [4.78, 5) is 39.1. The third-order valence-corrected chi connectivity index (χ3v) is 5.05. The van der Waals surface area contributed by atoms with Gasteiger partial charge < -0.3 is 15.5 Å². The van der Waals surface area contributed by atoms with Crippen molar-refractivity contribution in [3.63, 3.8) is 0 Å². The van der Waals surface area contributed by atoms with Crippen LogP contribution in [0.1, 0.15) is 15.9 Å². The van der Waals surface area contributed by atoms with Gasteiger partial charge >= 0.3 is 11.8 Å². The number of nitrogens with one attached hydrogen (secondary N) is 3. The zero-order valence-corrected chi connectivity index (χ0v) is 19.6. The molecule has 0 aromatic heterocycles. The predicted octanol–water partition coefficient (Wildman–Crippen LogP) is 3.86. The molecule has 0 spiro atoms. The molecule has 3 N–H and O–H groups in total. The first-order chi connectivity index (χ1) is 15.8. The average molecular weight is 508 g/mol. The standard InChI is InChI=1S/C24H22BrN5O3/c1-30(2)19-13-7-16(8-14-19)15-26-29-24(33)23(32)28-21-6-4-3-5-20(21)22(31)27-18-11-9-17(25)10-12-18/h3-15H,1-2H3,(H,27,31)(H,28,32)(H,29,33). The van der Waals surface area contributed by atoms with E-state index in [1.165, 1.54) is 12.3 Å². The number of amides is 3. The van der Waals surface area contributed by atoms with Crippen molar-refractivity contribution in [3.05, 3.63) is 88.4 Å². The number of para-hydroxylation sites is 1. The zero-order valence-electron chi connectivity index (χ0n) is 18.0. The van der Waals surface area contributed by atoms with Gasteiger partial charge in [0, 0.05) is 29.9 Å². The van der Waals surface area contributed by atoms with E-state index in [1.807, 2.05) is 43.3 Å². The number of benzene rings is 3. The van der Waals surface area contributed by atoms with Crippen LogP contribution in [0.25, 0.3) is 0 Å². The van der Waals surface area contributed by atoms with Crippen molar-refractivity contribution < 1.29 is 14.4 Å². The molecular formula is C24H22BrN5O3. The van der Waals surface area contributed by atoms with Gasteiger partial charge in [-0.25, -0.2) is 5.43 Å². The summed E-state index contributed by atoms with van der Waals surface area (Å²) in [6.07, 6.45) is 1.43.